The quantitative estimate of drug-likeness (QED) is 0.466. The van der Waals surface area contributed by atoms with E-state index in [0.717, 1.165) is 27.8 Å². The van der Waals surface area contributed by atoms with E-state index in [4.69, 9.17) is 4.98 Å². The van der Waals surface area contributed by atoms with E-state index in [-0.39, 0.29) is 24.4 Å². The molecule has 0 saturated heterocycles. The van der Waals surface area contributed by atoms with E-state index < -0.39 is 0 Å². The van der Waals surface area contributed by atoms with Crippen LogP contribution < -0.4 is 10.6 Å². The molecule has 0 aliphatic heterocycles. The predicted octanol–water partition coefficient (Wildman–Crippen LogP) is 4.78. The first-order valence-electron chi connectivity index (χ1n) is 10.6. The number of aromatic nitrogens is 2. The summed E-state index contributed by atoms with van der Waals surface area (Å²) in [5, 5.41) is 6.01. The van der Waals surface area contributed by atoms with Crippen LogP contribution in [0.2, 0.25) is 0 Å². The number of anilines is 1. The van der Waals surface area contributed by atoms with Gasteiger partial charge in [0.25, 0.3) is 5.91 Å². The topological polar surface area (TPSA) is 76.0 Å². The Balaban J connectivity index is 1.61. The Morgan fingerprint density at radius 3 is 2.31 bits per heavy atom. The van der Waals surface area contributed by atoms with Crippen LogP contribution in [0, 0.1) is 13.8 Å². The third-order valence-electron chi connectivity index (χ3n) is 5.53. The number of carbonyl (C=O) groups is 2. The van der Waals surface area contributed by atoms with Gasteiger partial charge >= 0.3 is 0 Å². The number of aryl methyl sites for hydroxylation is 2. The molecule has 0 bridgehead atoms. The smallest absolute Gasteiger partial charge is 0.252 e. The van der Waals surface area contributed by atoms with E-state index in [1.165, 1.54) is 0 Å². The van der Waals surface area contributed by atoms with Gasteiger partial charge in [-0.1, -0.05) is 48.5 Å². The van der Waals surface area contributed by atoms with Crippen LogP contribution in [0.3, 0.4) is 0 Å². The molecule has 0 spiro atoms. The molecule has 1 heterocycles. The number of imidazole rings is 1. The van der Waals surface area contributed by atoms with Crippen molar-refractivity contribution in [2.75, 3.05) is 5.32 Å². The van der Waals surface area contributed by atoms with Crippen molar-refractivity contribution in [2.45, 2.75) is 33.4 Å². The summed E-state index contributed by atoms with van der Waals surface area (Å²) >= 11 is 0. The van der Waals surface area contributed by atoms with Crippen LogP contribution >= 0.6 is 0 Å². The first-order valence-corrected chi connectivity index (χ1v) is 10.6. The molecule has 6 heteroatoms. The number of nitrogens with one attached hydrogen (secondary N) is 2. The Morgan fingerprint density at radius 2 is 1.56 bits per heavy atom. The summed E-state index contributed by atoms with van der Waals surface area (Å²) < 4.78 is 1.87. The Hall–Kier alpha value is -3.93. The molecule has 0 saturated carbocycles. The first kappa shape index (κ1) is 21.3. The van der Waals surface area contributed by atoms with Crippen molar-refractivity contribution in [2.24, 2.45) is 0 Å². The largest absolute Gasteiger partial charge is 0.342 e. The fraction of sp³-hybridized carbons (Fsp3) is 0.192. The average Bonchev–Trinajstić information content (AvgIpc) is 3.14. The molecule has 4 aromatic rings. The number of nitrogens with zero attached hydrogens (tertiary/aromatic N) is 2. The summed E-state index contributed by atoms with van der Waals surface area (Å²) in [5.74, 6) is 0.313. The monoisotopic (exact) mass is 426 g/mol. The fourth-order valence-corrected chi connectivity index (χ4v) is 3.80. The number of rotatable bonds is 6. The molecule has 0 aliphatic rings. The minimum Gasteiger partial charge on any atom is -0.342 e. The molecule has 1 atom stereocenters. The zero-order valence-electron chi connectivity index (χ0n) is 18.4. The second-order valence-electron chi connectivity index (χ2n) is 7.92. The maximum Gasteiger partial charge on any atom is 0.252 e. The number of benzene rings is 3. The van der Waals surface area contributed by atoms with Gasteiger partial charge in [0.05, 0.1) is 17.1 Å². The van der Waals surface area contributed by atoms with Gasteiger partial charge in [0.2, 0.25) is 5.91 Å². The zero-order chi connectivity index (χ0) is 22.7. The standard InChI is InChI=1S/C26H26N4O2/c1-17-10-4-6-12-20(17)26(32)27-19(3)25-29-22-14-8-9-15-23(22)30(25)16-24(31)28-21-13-7-5-11-18(21)2/h4-15,19H,16H2,1-3H3,(H,27,32)(H,28,31). The van der Waals surface area contributed by atoms with E-state index in [2.05, 4.69) is 10.6 Å². The van der Waals surface area contributed by atoms with E-state index in [1.54, 1.807) is 6.07 Å². The van der Waals surface area contributed by atoms with Gasteiger partial charge < -0.3 is 15.2 Å². The van der Waals surface area contributed by atoms with E-state index >= 15 is 0 Å². The lowest BCUT2D eigenvalue weighted by Crippen LogP contribution is -2.30. The maximum atomic E-state index is 12.9. The van der Waals surface area contributed by atoms with Gasteiger partial charge in [-0.3, -0.25) is 9.59 Å². The molecule has 1 unspecified atom stereocenters. The lowest BCUT2D eigenvalue weighted by Gasteiger charge is -2.17. The van der Waals surface area contributed by atoms with Crippen molar-refractivity contribution in [3.05, 3.63) is 95.3 Å². The average molecular weight is 427 g/mol. The normalized spacial score (nSPS) is 11.8. The Bertz CT molecular complexity index is 1290. The van der Waals surface area contributed by atoms with Crippen molar-refractivity contribution < 1.29 is 9.59 Å². The number of hydrogen-bond acceptors (Lipinski definition) is 3. The van der Waals surface area contributed by atoms with Crippen molar-refractivity contribution in [1.29, 1.82) is 0 Å². The molecule has 162 valence electrons. The number of carbonyl (C=O) groups excluding carboxylic acids is 2. The second kappa shape index (κ2) is 9.06. The van der Waals surface area contributed by atoms with Crippen LogP contribution in [0.5, 0.6) is 0 Å². The van der Waals surface area contributed by atoms with Gasteiger partial charge in [0.15, 0.2) is 0 Å². The van der Waals surface area contributed by atoms with Gasteiger partial charge in [-0.15, -0.1) is 0 Å². The molecule has 0 radical (unpaired) electrons. The number of fused-ring (bicyclic) bond motifs is 1. The molecule has 0 fully saturated rings. The van der Waals surface area contributed by atoms with Crippen LogP contribution in [-0.4, -0.2) is 21.4 Å². The highest BCUT2D eigenvalue weighted by molar-refractivity contribution is 5.96. The van der Waals surface area contributed by atoms with E-state index in [0.29, 0.717) is 11.4 Å². The third kappa shape index (κ3) is 4.39. The number of para-hydroxylation sites is 3. The molecule has 4 rings (SSSR count). The second-order valence-corrected chi connectivity index (χ2v) is 7.92. The van der Waals surface area contributed by atoms with Gasteiger partial charge in [-0.2, -0.15) is 0 Å². The molecule has 2 N–H and O–H groups in total. The third-order valence-corrected chi connectivity index (χ3v) is 5.53. The molecular formula is C26H26N4O2. The van der Waals surface area contributed by atoms with Crippen LogP contribution in [0.15, 0.2) is 72.8 Å². The van der Waals surface area contributed by atoms with Crippen molar-refractivity contribution in [3.63, 3.8) is 0 Å². The molecule has 6 nitrogen and oxygen atoms in total. The summed E-state index contributed by atoms with van der Waals surface area (Å²) in [6.07, 6.45) is 0. The van der Waals surface area contributed by atoms with Crippen molar-refractivity contribution in [1.82, 2.24) is 14.9 Å². The molecule has 3 aromatic carbocycles. The molecule has 0 aliphatic carbocycles. The van der Waals surface area contributed by atoms with Gasteiger partial charge in [0.1, 0.15) is 12.4 Å². The highest BCUT2D eigenvalue weighted by atomic mass is 16.2. The van der Waals surface area contributed by atoms with Gasteiger partial charge in [-0.05, 0) is 56.2 Å². The van der Waals surface area contributed by atoms with Gasteiger partial charge in [-0.25, -0.2) is 4.98 Å². The number of amides is 2. The minimum atomic E-state index is -0.388. The van der Waals surface area contributed by atoms with Crippen molar-refractivity contribution >= 4 is 28.5 Å². The highest BCUT2D eigenvalue weighted by Crippen LogP contribution is 2.22. The lowest BCUT2D eigenvalue weighted by atomic mass is 10.1. The fourth-order valence-electron chi connectivity index (χ4n) is 3.80. The summed E-state index contributed by atoms with van der Waals surface area (Å²) in [6.45, 7) is 5.84. The number of hydrogen-bond donors (Lipinski definition) is 2. The van der Waals surface area contributed by atoms with E-state index in [9.17, 15) is 9.59 Å². The summed E-state index contributed by atoms with van der Waals surface area (Å²) in [6, 6.07) is 22.4. The highest BCUT2D eigenvalue weighted by Gasteiger charge is 2.21. The first-order chi connectivity index (χ1) is 15.4. The van der Waals surface area contributed by atoms with Crippen LogP contribution in [0.1, 0.15) is 40.3 Å². The van der Waals surface area contributed by atoms with Gasteiger partial charge in [0, 0.05) is 11.3 Å². The molecule has 32 heavy (non-hydrogen) atoms. The van der Waals surface area contributed by atoms with Crippen molar-refractivity contribution in [3.8, 4) is 0 Å². The summed E-state index contributed by atoms with van der Waals surface area (Å²) in [5.41, 5.74) is 4.94. The zero-order valence-corrected chi connectivity index (χ0v) is 18.4. The van der Waals surface area contributed by atoms with Crippen LogP contribution in [-0.2, 0) is 11.3 Å². The van der Waals surface area contributed by atoms with Crippen LogP contribution in [0.4, 0.5) is 5.69 Å². The Labute approximate surface area is 187 Å². The van der Waals surface area contributed by atoms with E-state index in [1.807, 2.05) is 92.1 Å². The summed E-state index contributed by atoms with van der Waals surface area (Å²) in [4.78, 5) is 30.5. The molecular weight excluding hydrogens is 400 g/mol. The SMILES string of the molecule is Cc1ccccc1NC(=O)Cn1c(C(C)NC(=O)c2ccccc2C)nc2ccccc21. The minimum absolute atomic E-state index is 0.0920. The Morgan fingerprint density at radius 1 is 0.906 bits per heavy atom. The molecule has 1 aromatic heterocycles. The predicted molar refractivity (Wildman–Crippen MR) is 127 cm³/mol. The van der Waals surface area contributed by atoms with Crippen LogP contribution in [0.25, 0.3) is 11.0 Å². The summed E-state index contributed by atoms with van der Waals surface area (Å²) in [7, 11) is 0. The Kier molecular flexibility index (Phi) is 6.03. The molecule has 2 amide bonds. The lowest BCUT2D eigenvalue weighted by molar-refractivity contribution is -0.116. The maximum absolute atomic E-state index is 12.9.